The van der Waals surface area contributed by atoms with Gasteiger partial charge >= 0.3 is 0 Å². The van der Waals surface area contributed by atoms with Crippen molar-refractivity contribution in [2.24, 2.45) is 0 Å². The Kier molecular flexibility index (Phi) is 6.07. The van der Waals surface area contributed by atoms with Crippen LogP contribution >= 0.6 is 11.8 Å². The SMILES string of the molecule is Cc1cc(CSc2ncccc2C(=O)Nc2ccc(OCC#N)cc2)no1. The van der Waals surface area contributed by atoms with Gasteiger partial charge in [0.05, 0.1) is 11.3 Å². The van der Waals surface area contributed by atoms with E-state index in [4.69, 9.17) is 14.5 Å². The summed E-state index contributed by atoms with van der Waals surface area (Å²) in [7, 11) is 0. The highest BCUT2D eigenvalue weighted by Gasteiger charge is 2.14. The predicted molar refractivity (Wildman–Crippen MR) is 101 cm³/mol. The summed E-state index contributed by atoms with van der Waals surface area (Å²) in [6.07, 6.45) is 1.65. The van der Waals surface area contributed by atoms with Crippen LogP contribution in [0.2, 0.25) is 0 Å². The molecule has 1 N–H and O–H groups in total. The fourth-order valence-corrected chi connectivity index (χ4v) is 3.13. The molecule has 1 aromatic carbocycles. The molecule has 0 atom stereocenters. The van der Waals surface area contributed by atoms with Gasteiger partial charge in [0.25, 0.3) is 5.91 Å². The van der Waals surface area contributed by atoms with Crippen LogP contribution in [0.25, 0.3) is 0 Å². The van der Waals surface area contributed by atoms with Crippen molar-refractivity contribution in [3.8, 4) is 11.8 Å². The number of aryl methyl sites for hydroxylation is 1. The van der Waals surface area contributed by atoms with Crippen molar-refractivity contribution in [2.75, 3.05) is 11.9 Å². The van der Waals surface area contributed by atoms with Crippen LogP contribution in [0.1, 0.15) is 21.8 Å². The highest BCUT2D eigenvalue weighted by molar-refractivity contribution is 7.98. The number of nitriles is 1. The Balaban J connectivity index is 1.66. The summed E-state index contributed by atoms with van der Waals surface area (Å²) in [4.78, 5) is 16.9. The van der Waals surface area contributed by atoms with E-state index in [1.54, 1.807) is 42.6 Å². The fraction of sp³-hybridized carbons (Fsp3) is 0.158. The van der Waals surface area contributed by atoms with Crippen LogP contribution in [0.15, 0.2) is 58.2 Å². The molecule has 0 bridgehead atoms. The standard InChI is InChI=1S/C19H16N4O3S/c1-13-11-15(23-26-13)12-27-19-17(3-2-9-21-19)18(24)22-14-4-6-16(7-5-14)25-10-8-20/h2-7,9,11H,10,12H2,1H3,(H,22,24). The molecule has 3 rings (SSSR count). The molecule has 136 valence electrons. The normalized spacial score (nSPS) is 10.2. The molecule has 0 aliphatic rings. The first-order valence-electron chi connectivity index (χ1n) is 8.07. The highest BCUT2D eigenvalue weighted by Crippen LogP contribution is 2.25. The first-order valence-corrected chi connectivity index (χ1v) is 9.05. The van der Waals surface area contributed by atoms with Crippen LogP contribution in [-0.4, -0.2) is 22.7 Å². The van der Waals surface area contributed by atoms with E-state index < -0.39 is 0 Å². The molecule has 7 nitrogen and oxygen atoms in total. The lowest BCUT2D eigenvalue weighted by molar-refractivity contribution is 0.102. The van der Waals surface area contributed by atoms with Crippen molar-refractivity contribution in [1.82, 2.24) is 10.1 Å². The molecule has 0 fully saturated rings. The summed E-state index contributed by atoms with van der Waals surface area (Å²) in [5.74, 6) is 1.61. The average Bonchev–Trinajstić information content (AvgIpc) is 3.11. The van der Waals surface area contributed by atoms with E-state index in [1.807, 2.05) is 19.1 Å². The zero-order valence-electron chi connectivity index (χ0n) is 14.5. The number of hydrogen-bond donors (Lipinski definition) is 1. The number of benzene rings is 1. The maximum absolute atomic E-state index is 12.6. The van der Waals surface area contributed by atoms with Gasteiger partial charge in [-0.3, -0.25) is 4.79 Å². The second-order valence-corrected chi connectivity index (χ2v) is 6.46. The van der Waals surface area contributed by atoms with Crippen LogP contribution in [0.4, 0.5) is 5.69 Å². The Labute approximate surface area is 160 Å². The number of carbonyl (C=O) groups excluding carboxylic acids is 1. The molecule has 2 aromatic heterocycles. The Morgan fingerprint density at radius 3 is 2.85 bits per heavy atom. The molecule has 27 heavy (non-hydrogen) atoms. The Morgan fingerprint density at radius 1 is 1.33 bits per heavy atom. The lowest BCUT2D eigenvalue weighted by Crippen LogP contribution is -2.13. The van der Waals surface area contributed by atoms with Crippen molar-refractivity contribution in [3.63, 3.8) is 0 Å². The first kappa shape index (κ1) is 18.5. The summed E-state index contributed by atoms with van der Waals surface area (Å²) in [5.41, 5.74) is 1.89. The quantitative estimate of drug-likeness (QED) is 0.622. The van der Waals surface area contributed by atoms with Gasteiger partial charge in [0.1, 0.15) is 22.6 Å². The third kappa shape index (κ3) is 5.09. The van der Waals surface area contributed by atoms with Crippen LogP contribution in [-0.2, 0) is 5.75 Å². The van der Waals surface area contributed by atoms with E-state index in [0.29, 0.717) is 27.8 Å². The molecule has 0 saturated carbocycles. The molecule has 1 amide bonds. The fourth-order valence-electron chi connectivity index (χ4n) is 2.26. The van der Waals surface area contributed by atoms with E-state index >= 15 is 0 Å². The van der Waals surface area contributed by atoms with Gasteiger partial charge in [0.2, 0.25) is 0 Å². The van der Waals surface area contributed by atoms with Crippen molar-refractivity contribution < 1.29 is 14.1 Å². The lowest BCUT2D eigenvalue weighted by atomic mass is 10.2. The number of rotatable bonds is 7. The van der Waals surface area contributed by atoms with Crippen molar-refractivity contribution in [2.45, 2.75) is 17.7 Å². The average molecular weight is 380 g/mol. The Hall–Kier alpha value is -3.31. The molecular weight excluding hydrogens is 364 g/mol. The van der Waals surface area contributed by atoms with E-state index in [-0.39, 0.29) is 12.5 Å². The molecule has 8 heteroatoms. The summed E-state index contributed by atoms with van der Waals surface area (Å²) >= 11 is 1.42. The zero-order chi connectivity index (χ0) is 19.1. The first-order chi connectivity index (χ1) is 13.2. The summed E-state index contributed by atoms with van der Waals surface area (Å²) in [6, 6.07) is 14.0. The van der Waals surface area contributed by atoms with Crippen LogP contribution in [0, 0.1) is 18.3 Å². The molecule has 0 aliphatic heterocycles. The molecule has 2 heterocycles. The summed E-state index contributed by atoms with van der Waals surface area (Å²) < 4.78 is 10.2. The van der Waals surface area contributed by atoms with Gasteiger partial charge in [-0.25, -0.2) is 4.98 Å². The number of aromatic nitrogens is 2. The third-order valence-electron chi connectivity index (χ3n) is 3.46. The topological polar surface area (TPSA) is 101 Å². The molecule has 0 aliphatic carbocycles. The Morgan fingerprint density at radius 2 is 2.15 bits per heavy atom. The van der Waals surface area contributed by atoms with E-state index in [9.17, 15) is 4.79 Å². The van der Waals surface area contributed by atoms with Crippen molar-refractivity contribution in [1.29, 1.82) is 5.26 Å². The number of nitrogens with zero attached hydrogens (tertiary/aromatic N) is 3. The third-order valence-corrected chi connectivity index (χ3v) is 4.50. The minimum atomic E-state index is -0.257. The molecule has 3 aromatic rings. The van der Waals surface area contributed by atoms with Gasteiger partial charge in [-0.1, -0.05) is 16.9 Å². The van der Waals surface area contributed by atoms with Gasteiger partial charge in [-0.2, -0.15) is 5.26 Å². The predicted octanol–water partition coefficient (Wildman–Crippen LogP) is 3.83. The van der Waals surface area contributed by atoms with E-state index in [0.717, 1.165) is 11.5 Å². The van der Waals surface area contributed by atoms with Gasteiger partial charge in [0, 0.05) is 23.7 Å². The molecular formula is C19H16N4O3S. The summed E-state index contributed by atoms with van der Waals surface area (Å²) in [5, 5.41) is 15.9. The number of anilines is 1. The number of amides is 1. The summed E-state index contributed by atoms with van der Waals surface area (Å²) in [6.45, 7) is 1.81. The monoisotopic (exact) mass is 380 g/mol. The second-order valence-electron chi connectivity index (χ2n) is 5.50. The smallest absolute Gasteiger partial charge is 0.258 e. The minimum Gasteiger partial charge on any atom is -0.479 e. The second kappa shape index (κ2) is 8.87. The molecule has 0 saturated heterocycles. The van der Waals surface area contributed by atoms with Crippen molar-refractivity contribution >= 4 is 23.4 Å². The van der Waals surface area contributed by atoms with Crippen LogP contribution in [0.3, 0.4) is 0 Å². The van der Waals surface area contributed by atoms with Crippen molar-refractivity contribution in [3.05, 3.63) is 65.7 Å². The zero-order valence-corrected chi connectivity index (χ0v) is 15.3. The highest BCUT2D eigenvalue weighted by atomic mass is 32.2. The number of hydrogen-bond acceptors (Lipinski definition) is 7. The number of carbonyl (C=O) groups is 1. The van der Waals surface area contributed by atoms with E-state index in [2.05, 4.69) is 15.5 Å². The van der Waals surface area contributed by atoms with Gasteiger partial charge < -0.3 is 14.6 Å². The maximum atomic E-state index is 12.6. The molecule has 0 spiro atoms. The lowest BCUT2D eigenvalue weighted by Gasteiger charge is -2.09. The minimum absolute atomic E-state index is 0.0208. The van der Waals surface area contributed by atoms with Crippen LogP contribution < -0.4 is 10.1 Å². The van der Waals surface area contributed by atoms with Gasteiger partial charge in [-0.05, 0) is 43.3 Å². The molecule has 0 radical (unpaired) electrons. The maximum Gasteiger partial charge on any atom is 0.258 e. The number of pyridine rings is 1. The van der Waals surface area contributed by atoms with E-state index in [1.165, 1.54) is 11.8 Å². The largest absolute Gasteiger partial charge is 0.479 e. The van der Waals surface area contributed by atoms with Crippen LogP contribution in [0.5, 0.6) is 5.75 Å². The Bertz CT molecular complexity index is 964. The number of thioether (sulfide) groups is 1. The van der Waals surface area contributed by atoms with Gasteiger partial charge in [0.15, 0.2) is 6.61 Å². The number of nitrogens with one attached hydrogen (secondary N) is 1. The van der Waals surface area contributed by atoms with Gasteiger partial charge in [-0.15, -0.1) is 0 Å². The number of ether oxygens (including phenoxy) is 1. The molecule has 0 unspecified atom stereocenters.